The van der Waals surface area contributed by atoms with E-state index in [-0.39, 0.29) is 38.1 Å². The molecule has 17 nitrogen and oxygen atoms in total. The zero-order valence-corrected chi connectivity index (χ0v) is 23.0. The van der Waals surface area contributed by atoms with E-state index in [0.29, 0.717) is 0 Å². The normalized spacial score (nSPS) is 48.8. The molecule has 4 aliphatic rings. The molecule has 238 valence electrons. The fourth-order valence-electron chi connectivity index (χ4n) is 5.96. The van der Waals surface area contributed by atoms with Gasteiger partial charge in [0, 0.05) is 31.5 Å². The van der Waals surface area contributed by atoms with Crippen LogP contribution in [-0.2, 0) is 28.5 Å². The minimum absolute atomic E-state index is 0.0412. The molecule has 0 aromatic carbocycles. The van der Waals surface area contributed by atoms with Gasteiger partial charge in [-0.3, -0.25) is 4.79 Å². The second kappa shape index (κ2) is 14.1. The first-order chi connectivity index (χ1) is 19.5. The summed E-state index contributed by atoms with van der Waals surface area (Å²) in [7, 11) is 1.58. The Kier molecular flexibility index (Phi) is 11.3. The molecule has 1 aliphatic carbocycles. The fourth-order valence-corrected chi connectivity index (χ4v) is 5.96. The molecular weight excluding hydrogens is 548 g/mol. The van der Waals surface area contributed by atoms with Gasteiger partial charge in [0.25, 0.3) is 0 Å². The maximum Gasteiger partial charge on any atom is 0.221 e. The lowest BCUT2D eigenvalue weighted by Gasteiger charge is -2.51. The summed E-state index contributed by atoms with van der Waals surface area (Å²) in [6, 6.07) is -3.64. The monoisotopic (exact) mass is 594 g/mol. The molecule has 1 saturated carbocycles. The number of nitrogens with two attached hydrogens (primary N) is 4. The van der Waals surface area contributed by atoms with Gasteiger partial charge in [-0.05, 0) is 19.9 Å². The van der Waals surface area contributed by atoms with E-state index in [1.54, 1.807) is 7.05 Å². The van der Waals surface area contributed by atoms with Crippen molar-refractivity contribution in [2.45, 2.75) is 124 Å². The van der Waals surface area contributed by atoms with Gasteiger partial charge in [-0.15, -0.1) is 0 Å². The Morgan fingerprint density at radius 1 is 0.878 bits per heavy atom. The molecule has 3 saturated heterocycles. The molecule has 16 atom stereocenters. The van der Waals surface area contributed by atoms with Gasteiger partial charge in [0.1, 0.15) is 36.6 Å². The number of nitrogens with one attached hydrogen (secondary N) is 2. The van der Waals surface area contributed by atoms with Crippen LogP contribution in [0, 0.1) is 0 Å². The minimum Gasteiger partial charge on any atom is -0.394 e. The number of hydrogen-bond acceptors (Lipinski definition) is 16. The Balaban J connectivity index is 1.39. The van der Waals surface area contributed by atoms with Crippen LogP contribution < -0.4 is 33.6 Å². The van der Waals surface area contributed by atoms with Crippen molar-refractivity contribution in [3.8, 4) is 0 Å². The zero-order valence-electron chi connectivity index (χ0n) is 23.0. The van der Waals surface area contributed by atoms with Crippen molar-refractivity contribution in [2.24, 2.45) is 22.9 Å². The van der Waals surface area contributed by atoms with Gasteiger partial charge in [0.15, 0.2) is 18.9 Å². The lowest BCUT2D eigenvalue weighted by Crippen LogP contribution is -2.69. The van der Waals surface area contributed by atoms with Crippen molar-refractivity contribution in [2.75, 3.05) is 20.2 Å². The number of fused-ring (bicyclic) bond motifs is 1. The first kappa shape index (κ1) is 32.8. The van der Waals surface area contributed by atoms with Crippen molar-refractivity contribution >= 4 is 5.91 Å². The largest absolute Gasteiger partial charge is 0.394 e. The van der Waals surface area contributed by atoms with Crippen molar-refractivity contribution in [1.29, 1.82) is 0 Å². The summed E-state index contributed by atoms with van der Waals surface area (Å²) in [5, 5.41) is 58.1. The van der Waals surface area contributed by atoms with Gasteiger partial charge in [0.05, 0.1) is 36.9 Å². The molecule has 4 rings (SSSR count). The highest BCUT2D eigenvalue weighted by molar-refractivity contribution is 5.76. The summed E-state index contributed by atoms with van der Waals surface area (Å²) < 4.78 is 29.8. The highest BCUT2D eigenvalue weighted by atomic mass is 16.8. The Hall–Kier alpha value is -1.13. The number of hydrogen-bond donors (Lipinski definition) is 11. The number of rotatable bonds is 9. The number of likely N-dealkylation sites (N-methyl/N-ethyl adjacent to an activating group) is 1. The van der Waals surface area contributed by atoms with Crippen molar-refractivity contribution in [1.82, 2.24) is 10.6 Å². The number of amides is 1. The van der Waals surface area contributed by atoms with Crippen LogP contribution in [0.1, 0.15) is 25.7 Å². The van der Waals surface area contributed by atoms with Gasteiger partial charge in [-0.2, -0.15) is 0 Å². The van der Waals surface area contributed by atoms with E-state index in [1.807, 2.05) is 0 Å². The van der Waals surface area contributed by atoms with Crippen LogP contribution in [0.3, 0.4) is 0 Å². The van der Waals surface area contributed by atoms with Crippen LogP contribution >= 0.6 is 0 Å². The lowest BCUT2D eigenvalue weighted by molar-refractivity contribution is -0.367. The molecule has 0 radical (unpaired) electrons. The number of carbonyl (C=O) groups is 1. The summed E-state index contributed by atoms with van der Waals surface area (Å²) in [6.07, 6.45) is -11.4. The first-order valence-corrected chi connectivity index (χ1v) is 14.0. The Morgan fingerprint density at radius 2 is 1.61 bits per heavy atom. The lowest BCUT2D eigenvalue weighted by atomic mass is 9.84. The maximum absolute atomic E-state index is 12.0. The van der Waals surface area contributed by atoms with E-state index in [9.17, 15) is 30.3 Å². The summed E-state index contributed by atoms with van der Waals surface area (Å²) >= 11 is 0. The molecule has 4 fully saturated rings. The average Bonchev–Trinajstić information content (AvgIpc) is 2.92. The second-order valence-corrected chi connectivity index (χ2v) is 11.2. The SMILES string of the molecule is CNC1C(O[C@H]2OC(CO)[C@@H](NC(=O)CCN)CC2O)O[C@H]2CC(N)[C@@H](O[C@@H]3C(N)C[C@@H](N)C(O)C3O)OC2C1O. The molecule has 3 aliphatic heterocycles. The number of aliphatic hydroxyl groups excluding tert-OH is 5. The highest BCUT2D eigenvalue weighted by Gasteiger charge is 2.53. The average molecular weight is 595 g/mol. The van der Waals surface area contributed by atoms with Crippen LogP contribution in [0.4, 0.5) is 0 Å². The molecule has 10 unspecified atom stereocenters. The van der Waals surface area contributed by atoms with Crippen molar-refractivity contribution in [3.05, 3.63) is 0 Å². The maximum atomic E-state index is 12.0. The quantitative estimate of drug-likeness (QED) is 0.118. The molecule has 0 bridgehead atoms. The third-order valence-electron chi connectivity index (χ3n) is 8.27. The number of carbonyl (C=O) groups excluding carboxylic acids is 1. The van der Waals surface area contributed by atoms with E-state index >= 15 is 0 Å². The third-order valence-corrected chi connectivity index (χ3v) is 8.27. The molecule has 15 N–H and O–H groups in total. The molecule has 3 heterocycles. The Labute approximate surface area is 237 Å². The summed E-state index contributed by atoms with van der Waals surface area (Å²) in [5.41, 5.74) is 23.7. The van der Waals surface area contributed by atoms with Crippen LogP contribution in [0.5, 0.6) is 0 Å². The highest BCUT2D eigenvalue weighted by Crippen LogP contribution is 2.35. The zero-order chi connectivity index (χ0) is 30.0. The van der Waals surface area contributed by atoms with Gasteiger partial charge < -0.3 is 82.8 Å². The number of aliphatic hydroxyl groups is 5. The standard InChI is InChI=1S/C24H46N6O11/c1-29-16-18(35)21-13(5-10(28)22(40-21)39-20-9(27)4-8(26)17(34)19(20)36)37-24(16)41-23-12(32)6-11(14(7-31)38-23)30-15(33)2-3-25/h8-14,16-24,29,31-32,34-36H,2-7,25-28H2,1H3,(H,30,33)/t8-,9?,10?,11+,12?,13+,14?,16?,17?,18?,19?,20-,21?,22+,23-,24?/m1/s1. The molecule has 0 spiro atoms. The number of ether oxygens (including phenoxy) is 5. The minimum atomic E-state index is -1.35. The van der Waals surface area contributed by atoms with Gasteiger partial charge in [-0.25, -0.2) is 0 Å². The van der Waals surface area contributed by atoms with Crippen molar-refractivity contribution < 1.29 is 54.0 Å². The molecule has 17 heteroatoms. The predicted octanol–water partition coefficient (Wildman–Crippen LogP) is -6.41. The molecule has 0 aromatic rings. The van der Waals surface area contributed by atoms with Crippen LogP contribution in [0.15, 0.2) is 0 Å². The predicted molar refractivity (Wildman–Crippen MR) is 139 cm³/mol. The summed E-state index contributed by atoms with van der Waals surface area (Å²) in [4.78, 5) is 12.0. The van der Waals surface area contributed by atoms with E-state index in [2.05, 4.69) is 10.6 Å². The molecule has 0 aromatic heterocycles. The van der Waals surface area contributed by atoms with E-state index < -0.39 is 105 Å². The van der Waals surface area contributed by atoms with E-state index in [0.717, 1.165) is 0 Å². The van der Waals surface area contributed by atoms with E-state index in [1.165, 1.54) is 0 Å². The van der Waals surface area contributed by atoms with E-state index in [4.69, 9.17) is 46.6 Å². The van der Waals surface area contributed by atoms with Crippen LogP contribution in [-0.4, -0.2) is 150 Å². The smallest absolute Gasteiger partial charge is 0.221 e. The van der Waals surface area contributed by atoms with Crippen LogP contribution in [0.25, 0.3) is 0 Å². The summed E-state index contributed by atoms with van der Waals surface area (Å²) in [5.74, 6) is -0.332. The van der Waals surface area contributed by atoms with Gasteiger partial charge in [-0.1, -0.05) is 0 Å². The topological polar surface area (TPSA) is 293 Å². The summed E-state index contributed by atoms with van der Waals surface area (Å²) in [6.45, 7) is -0.290. The first-order valence-electron chi connectivity index (χ1n) is 14.0. The fraction of sp³-hybridized carbons (Fsp3) is 0.958. The van der Waals surface area contributed by atoms with Crippen molar-refractivity contribution in [3.63, 3.8) is 0 Å². The van der Waals surface area contributed by atoms with Gasteiger partial charge >= 0.3 is 0 Å². The molecule has 41 heavy (non-hydrogen) atoms. The third kappa shape index (κ3) is 7.17. The second-order valence-electron chi connectivity index (χ2n) is 11.2. The molecule has 1 amide bonds. The Bertz CT molecular complexity index is 863. The molecular formula is C24H46N6O11. The van der Waals surface area contributed by atoms with Gasteiger partial charge in [0.2, 0.25) is 5.91 Å². The Morgan fingerprint density at radius 3 is 2.27 bits per heavy atom. The van der Waals surface area contributed by atoms with Crippen LogP contribution in [0.2, 0.25) is 0 Å².